The van der Waals surface area contributed by atoms with Crippen molar-refractivity contribution < 1.29 is 5.11 Å². The van der Waals surface area contributed by atoms with Crippen LogP contribution in [0.3, 0.4) is 0 Å². The average molecular weight is 399 g/mol. The van der Waals surface area contributed by atoms with Gasteiger partial charge in [0.25, 0.3) is 0 Å². The van der Waals surface area contributed by atoms with Gasteiger partial charge in [0.1, 0.15) is 11.6 Å². The van der Waals surface area contributed by atoms with E-state index in [0.29, 0.717) is 28.2 Å². The highest BCUT2D eigenvalue weighted by molar-refractivity contribution is 6.33. The molecule has 146 valence electrons. The summed E-state index contributed by atoms with van der Waals surface area (Å²) in [7, 11) is 0. The first-order valence-corrected chi connectivity index (χ1v) is 9.70. The van der Waals surface area contributed by atoms with E-state index in [1.54, 1.807) is 16.8 Å². The van der Waals surface area contributed by atoms with Gasteiger partial charge in [-0.25, -0.2) is 9.51 Å². The molecule has 0 radical (unpaired) electrons. The summed E-state index contributed by atoms with van der Waals surface area (Å²) >= 11 is 6.18. The average Bonchev–Trinajstić information content (AvgIpc) is 3.15. The van der Waals surface area contributed by atoms with Gasteiger partial charge >= 0.3 is 0 Å². The summed E-state index contributed by atoms with van der Waals surface area (Å²) in [5.41, 5.74) is 15.4. The first-order valence-electron chi connectivity index (χ1n) is 9.33. The minimum Gasteiger partial charge on any atom is -0.508 e. The number of phenolic OH excluding ortho intramolecular Hbond substituents is 1. The van der Waals surface area contributed by atoms with Crippen LogP contribution in [0.2, 0.25) is 5.02 Å². The van der Waals surface area contributed by atoms with E-state index in [2.05, 4.69) is 15.4 Å². The minimum absolute atomic E-state index is 0.0802. The molecule has 3 aromatic rings. The van der Waals surface area contributed by atoms with E-state index in [1.807, 2.05) is 18.3 Å². The molecule has 28 heavy (non-hydrogen) atoms. The predicted octanol–water partition coefficient (Wildman–Crippen LogP) is 3.41. The Morgan fingerprint density at radius 2 is 2.04 bits per heavy atom. The Balaban J connectivity index is 1.72. The Kier molecular flexibility index (Phi) is 5.11. The smallest absolute Gasteiger partial charge is 0.135 e. The van der Waals surface area contributed by atoms with E-state index in [4.69, 9.17) is 23.1 Å². The van der Waals surface area contributed by atoms with Crippen LogP contribution in [0.5, 0.6) is 5.75 Å². The van der Waals surface area contributed by atoms with E-state index < -0.39 is 0 Å². The van der Waals surface area contributed by atoms with Crippen molar-refractivity contribution in [2.45, 2.75) is 37.8 Å². The second-order valence-corrected chi connectivity index (χ2v) is 7.57. The molecule has 1 fully saturated rings. The van der Waals surface area contributed by atoms with Crippen molar-refractivity contribution >= 4 is 34.3 Å². The van der Waals surface area contributed by atoms with Crippen LogP contribution in [0.1, 0.15) is 31.2 Å². The van der Waals surface area contributed by atoms with Gasteiger partial charge in [0.05, 0.1) is 33.7 Å². The van der Waals surface area contributed by atoms with Crippen molar-refractivity contribution in [2.24, 2.45) is 16.5 Å². The molecule has 0 amide bonds. The maximum atomic E-state index is 9.53. The Morgan fingerprint density at radius 1 is 1.25 bits per heavy atom. The normalized spacial score (nSPS) is 20.4. The van der Waals surface area contributed by atoms with E-state index >= 15 is 0 Å². The number of aromatic hydroxyl groups is 1. The number of nitrogens with two attached hydrogens (primary N) is 2. The maximum absolute atomic E-state index is 9.53. The number of benzene rings is 1. The predicted molar refractivity (Wildman–Crippen MR) is 113 cm³/mol. The number of hydrogen-bond acceptors (Lipinski definition) is 5. The molecule has 7 nitrogen and oxygen atoms in total. The molecule has 0 saturated heterocycles. The number of nitrogens with zero attached hydrogens (tertiary/aromatic N) is 3. The fourth-order valence-electron chi connectivity index (χ4n) is 3.58. The quantitative estimate of drug-likeness (QED) is 0.397. The number of halogens is 1. The maximum Gasteiger partial charge on any atom is 0.135 e. The van der Waals surface area contributed by atoms with Crippen LogP contribution >= 0.6 is 11.6 Å². The fourth-order valence-corrected chi connectivity index (χ4v) is 3.80. The van der Waals surface area contributed by atoms with E-state index in [0.717, 1.165) is 36.9 Å². The van der Waals surface area contributed by atoms with Gasteiger partial charge in [-0.15, -0.1) is 0 Å². The number of anilines is 1. The Labute approximate surface area is 168 Å². The molecule has 0 bridgehead atoms. The molecule has 1 aromatic carbocycles. The highest BCUT2D eigenvalue weighted by Gasteiger charge is 2.21. The molecular formula is C20H23ClN6O. The van der Waals surface area contributed by atoms with Gasteiger partial charge < -0.3 is 21.9 Å². The van der Waals surface area contributed by atoms with Crippen molar-refractivity contribution in [3.63, 3.8) is 0 Å². The third-order valence-corrected chi connectivity index (χ3v) is 5.44. The van der Waals surface area contributed by atoms with Crippen molar-refractivity contribution in [2.75, 3.05) is 5.32 Å². The van der Waals surface area contributed by atoms with Gasteiger partial charge in [0.15, 0.2) is 0 Å². The van der Waals surface area contributed by atoms with Crippen molar-refractivity contribution in [3.05, 3.63) is 53.3 Å². The first kappa shape index (κ1) is 18.6. The second-order valence-electron chi connectivity index (χ2n) is 7.16. The lowest BCUT2D eigenvalue weighted by Gasteiger charge is -2.28. The number of fused-ring (bicyclic) bond motifs is 1. The molecule has 2 aromatic heterocycles. The molecule has 8 heteroatoms. The minimum atomic E-state index is 0.0802. The Morgan fingerprint density at radius 3 is 2.79 bits per heavy atom. The molecule has 1 aliphatic rings. The third-order valence-electron chi connectivity index (χ3n) is 5.13. The third kappa shape index (κ3) is 3.76. The van der Waals surface area contributed by atoms with Crippen LogP contribution in [0, 0.1) is 0 Å². The summed E-state index contributed by atoms with van der Waals surface area (Å²) in [6, 6.07) is 9.13. The molecule has 2 heterocycles. The van der Waals surface area contributed by atoms with Gasteiger partial charge in [0.2, 0.25) is 0 Å². The monoisotopic (exact) mass is 398 g/mol. The first-order chi connectivity index (χ1) is 13.5. The standard InChI is InChI=1S/C20H23ClN6O/c21-16-10-14(28)7-8-17(16)26-20(23)15-11-24-27-9-1-2-18(27)19(15)25-13-5-3-12(22)4-6-13/h1-2,7-13,25,28H,3-6,22H2,(H2,23,26). The number of amidine groups is 1. The lowest BCUT2D eigenvalue weighted by molar-refractivity contribution is 0.411. The van der Waals surface area contributed by atoms with Crippen molar-refractivity contribution in [1.82, 2.24) is 9.61 Å². The van der Waals surface area contributed by atoms with Crippen LogP contribution in [-0.2, 0) is 0 Å². The summed E-state index contributed by atoms with van der Waals surface area (Å²) in [6.07, 6.45) is 7.62. The van der Waals surface area contributed by atoms with Crippen LogP contribution in [-0.4, -0.2) is 32.6 Å². The lowest BCUT2D eigenvalue weighted by atomic mass is 9.91. The highest BCUT2D eigenvalue weighted by Crippen LogP contribution is 2.31. The van der Waals surface area contributed by atoms with Gasteiger partial charge in [-0.05, 0) is 49.9 Å². The van der Waals surface area contributed by atoms with Crippen molar-refractivity contribution in [3.8, 4) is 5.75 Å². The molecule has 0 spiro atoms. The number of phenols is 1. The van der Waals surface area contributed by atoms with Crippen LogP contribution in [0.15, 0.2) is 47.7 Å². The Hall–Kier alpha value is -2.77. The molecule has 4 rings (SSSR count). The van der Waals surface area contributed by atoms with Crippen LogP contribution in [0.4, 0.5) is 11.4 Å². The number of aromatic nitrogens is 2. The van der Waals surface area contributed by atoms with Gasteiger partial charge in [-0.2, -0.15) is 5.10 Å². The summed E-state index contributed by atoms with van der Waals surface area (Å²) in [6.45, 7) is 0. The van der Waals surface area contributed by atoms with Crippen molar-refractivity contribution in [1.29, 1.82) is 0 Å². The topological polar surface area (TPSA) is 114 Å². The highest BCUT2D eigenvalue weighted by atomic mass is 35.5. The van der Waals surface area contributed by atoms with Gasteiger partial charge in [-0.1, -0.05) is 11.6 Å². The zero-order valence-corrected chi connectivity index (χ0v) is 16.1. The molecular weight excluding hydrogens is 376 g/mol. The summed E-state index contributed by atoms with van der Waals surface area (Å²) < 4.78 is 1.81. The molecule has 1 aliphatic carbocycles. The van der Waals surface area contributed by atoms with E-state index in [9.17, 15) is 5.11 Å². The fraction of sp³-hybridized carbons (Fsp3) is 0.300. The zero-order valence-electron chi connectivity index (χ0n) is 15.3. The van der Waals surface area contributed by atoms with E-state index in [-0.39, 0.29) is 11.8 Å². The number of aliphatic imine (C=N–C) groups is 1. The SMILES string of the molecule is NC(=Nc1ccc(O)cc1Cl)c1cnn2cccc2c1NC1CCC(N)CC1. The lowest BCUT2D eigenvalue weighted by Crippen LogP contribution is -2.33. The summed E-state index contributed by atoms with van der Waals surface area (Å²) in [5, 5.41) is 17.9. The number of hydrogen-bond donors (Lipinski definition) is 4. The molecule has 0 aliphatic heterocycles. The van der Waals surface area contributed by atoms with Crippen LogP contribution in [0.25, 0.3) is 5.52 Å². The largest absolute Gasteiger partial charge is 0.508 e. The van der Waals surface area contributed by atoms with Crippen LogP contribution < -0.4 is 16.8 Å². The summed E-state index contributed by atoms with van der Waals surface area (Å²) in [4.78, 5) is 4.47. The molecule has 0 unspecified atom stereocenters. The number of rotatable bonds is 4. The zero-order chi connectivity index (χ0) is 19.7. The van der Waals surface area contributed by atoms with Gasteiger partial charge in [-0.3, -0.25) is 0 Å². The molecule has 6 N–H and O–H groups in total. The Bertz CT molecular complexity index is 1020. The van der Waals surface area contributed by atoms with E-state index in [1.165, 1.54) is 12.1 Å². The summed E-state index contributed by atoms with van der Waals surface area (Å²) in [5.74, 6) is 0.385. The number of nitrogens with one attached hydrogen (secondary N) is 1. The second kappa shape index (κ2) is 7.69. The molecule has 1 saturated carbocycles. The molecule has 0 atom stereocenters. The van der Waals surface area contributed by atoms with Gasteiger partial charge in [0, 0.05) is 24.3 Å².